The zero-order chi connectivity index (χ0) is 14.9. The van der Waals surface area contributed by atoms with Crippen LogP contribution in [0.1, 0.15) is 36.8 Å². The lowest BCUT2D eigenvalue weighted by Crippen LogP contribution is -2.31. The maximum Gasteiger partial charge on any atom is 0.0313 e. The van der Waals surface area contributed by atoms with Crippen molar-refractivity contribution in [3.63, 3.8) is 0 Å². The highest BCUT2D eigenvalue weighted by atomic mass is 15.2. The Morgan fingerprint density at radius 3 is 2.67 bits per heavy atom. The van der Waals surface area contributed by atoms with Gasteiger partial charge in [-0.2, -0.15) is 0 Å². The Balaban J connectivity index is 1.73. The molecule has 0 bridgehead atoms. The topological polar surface area (TPSA) is 45.4 Å². The number of aromatic nitrogens is 1. The van der Waals surface area contributed by atoms with E-state index in [0.29, 0.717) is 0 Å². The molecule has 4 heteroatoms. The van der Waals surface area contributed by atoms with Crippen LogP contribution in [0.25, 0.3) is 0 Å². The van der Waals surface area contributed by atoms with Gasteiger partial charge in [0.1, 0.15) is 0 Å². The summed E-state index contributed by atoms with van der Waals surface area (Å²) in [6, 6.07) is 2.25. The van der Waals surface area contributed by atoms with E-state index < -0.39 is 0 Å². The smallest absolute Gasteiger partial charge is 0.0313 e. The zero-order valence-electron chi connectivity index (χ0n) is 13.4. The first-order valence-electron chi connectivity index (χ1n) is 8.33. The molecule has 0 atom stereocenters. The van der Waals surface area contributed by atoms with Crippen molar-refractivity contribution in [3.8, 4) is 0 Å². The molecule has 0 aromatic carbocycles. The Labute approximate surface area is 129 Å². The summed E-state index contributed by atoms with van der Waals surface area (Å²) in [5.41, 5.74) is 8.14. The third-order valence-corrected chi connectivity index (χ3v) is 4.20. The Morgan fingerprint density at radius 2 is 1.86 bits per heavy atom. The van der Waals surface area contributed by atoms with E-state index in [2.05, 4.69) is 27.8 Å². The SMILES string of the molecule is Cc1cncc(CN2CCCN(CCCCCN)CC2)c1. The van der Waals surface area contributed by atoms with Crippen LogP contribution in [0.4, 0.5) is 0 Å². The predicted octanol–water partition coefficient (Wildman–Crippen LogP) is 2.03. The third-order valence-electron chi connectivity index (χ3n) is 4.20. The van der Waals surface area contributed by atoms with Crippen LogP contribution in [0.2, 0.25) is 0 Å². The number of pyridine rings is 1. The van der Waals surface area contributed by atoms with Crippen LogP contribution in [0.15, 0.2) is 18.5 Å². The van der Waals surface area contributed by atoms with Gasteiger partial charge < -0.3 is 10.6 Å². The standard InChI is InChI=1S/C17H30N4/c1-16-12-17(14-19-13-16)15-21-9-5-8-20(10-11-21)7-4-2-3-6-18/h12-14H,2-11,15,18H2,1H3. The fraction of sp³-hybridized carbons (Fsp3) is 0.706. The normalized spacial score (nSPS) is 17.8. The summed E-state index contributed by atoms with van der Waals surface area (Å²) >= 11 is 0. The van der Waals surface area contributed by atoms with Crippen LogP contribution in [0.5, 0.6) is 0 Å². The van der Waals surface area contributed by atoms with Crippen molar-refractivity contribution in [1.82, 2.24) is 14.8 Å². The highest BCUT2D eigenvalue weighted by Gasteiger charge is 2.14. The van der Waals surface area contributed by atoms with E-state index in [1.807, 2.05) is 12.4 Å². The summed E-state index contributed by atoms with van der Waals surface area (Å²) in [5.74, 6) is 0. The molecule has 4 nitrogen and oxygen atoms in total. The molecule has 0 saturated carbocycles. The lowest BCUT2D eigenvalue weighted by molar-refractivity contribution is 0.248. The summed E-state index contributed by atoms with van der Waals surface area (Å²) in [7, 11) is 0. The average Bonchev–Trinajstić information content (AvgIpc) is 2.69. The third kappa shape index (κ3) is 6.12. The monoisotopic (exact) mass is 290 g/mol. The van der Waals surface area contributed by atoms with Gasteiger partial charge in [0.2, 0.25) is 0 Å². The maximum absolute atomic E-state index is 5.55. The molecule has 0 radical (unpaired) electrons. The largest absolute Gasteiger partial charge is 0.330 e. The minimum Gasteiger partial charge on any atom is -0.330 e. The molecule has 1 aromatic heterocycles. The van der Waals surface area contributed by atoms with Gasteiger partial charge in [0, 0.05) is 32.0 Å². The second-order valence-corrected chi connectivity index (χ2v) is 6.19. The summed E-state index contributed by atoms with van der Waals surface area (Å²) in [5, 5.41) is 0. The van der Waals surface area contributed by atoms with Gasteiger partial charge >= 0.3 is 0 Å². The van der Waals surface area contributed by atoms with Crippen molar-refractivity contribution in [1.29, 1.82) is 0 Å². The van der Waals surface area contributed by atoms with E-state index in [4.69, 9.17) is 5.73 Å². The summed E-state index contributed by atoms with van der Waals surface area (Å²) in [4.78, 5) is 9.48. The highest BCUT2D eigenvalue weighted by Crippen LogP contribution is 2.10. The molecule has 1 saturated heterocycles. The number of hydrogen-bond donors (Lipinski definition) is 1. The van der Waals surface area contributed by atoms with Crippen LogP contribution in [-0.4, -0.2) is 54.1 Å². The quantitative estimate of drug-likeness (QED) is 0.781. The lowest BCUT2D eigenvalue weighted by Gasteiger charge is -2.21. The highest BCUT2D eigenvalue weighted by molar-refractivity contribution is 5.16. The first-order valence-corrected chi connectivity index (χ1v) is 8.33. The van der Waals surface area contributed by atoms with Gasteiger partial charge in [0.15, 0.2) is 0 Å². The minimum atomic E-state index is 0.832. The molecule has 1 aromatic rings. The fourth-order valence-corrected chi connectivity index (χ4v) is 3.02. The number of hydrogen-bond acceptors (Lipinski definition) is 4. The minimum absolute atomic E-state index is 0.832. The Bertz CT molecular complexity index is 408. The summed E-state index contributed by atoms with van der Waals surface area (Å²) in [6.45, 7) is 10.0. The molecule has 0 amide bonds. The molecule has 21 heavy (non-hydrogen) atoms. The summed E-state index contributed by atoms with van der Waals surface area (Å²) < 4.78 is 0. The number of aryl methyl sites for hydroxylation is 1. The van der Waals surface area contributed by atoms with Crippen molar-refractivity contribution in [2.75, 3.05) is 39.3 Å². The number of unbranched alkanes of at least 4 members (excludes halogenated alkanes) is 2. The Morgan fingerprint density at radius 1 is 1.05 bits per heavy atom. The van der Waals surface area contributed by atoms with E-state index in [-0.39, 0.29) is 0 Å². The van der Waals surface area contributed by atoms with Gasteiger partial charge in [-0.05, 0) is 63.5 Å². The average molecular weight is 290 g/mol. The molecular formula is C17H30N4. The maximum atomic E-state index is 5.55. The molecule has 0 aliphatic carbocycles. The Kier molecular flexibility index (Phi) is 7.13. The lowest BCUT2D eigenvalue weighted by atomic mass is 10.2. The number of nitrogens with two attached hydrogens (primary N) is 1. The molecule has 1 aliphatic heterocycles. The van der Waals surface area contributed by atoms with Crippen molar-refractivity contribution in [2.45, 2.75) is 39.2 Å². The molecule has 1 aliphatic rings. The number of nitrogens with zero attached hydrogens (tertiary/aromatic N) is 3. The van der Waals surface area contributed by atoms with Gasteiger partial charge in [-0.15, -0.1) is 0 Å². The van der Waals surface area contributed by atoms with E-state index in [1.165, 1.54) is 69.5 Å². The number of rotatable bonds is 7. The molecule has 2 heterocycles. The van der Waals surface area contributed by atoms with Gasteiger partial charge in [-0.25, -0.2) is 0 Å². The second kappa shape index (κ2) is 9.13. The van der Waals surface area contributed by atoms with Crippen LogP contribution >= 0.6 is 0 Å². The van der Waals surface area contributed by atoms with Crippen molar-refractivity contribution < 1.29 is 0 Å². The molecule has 118 valence electrons. The molecule has 2 rings (SSSR count). The van der Waals surface area contributed by atoms with Crippen LogP contribution in [0, 0.1) is 6.92 Å². The molecular weight excluding hydrogens is 260 g/mol. The molecule has 1 fully saturated rings. The summed E-state index contributed by atoms with van der Waals surface area (Å²) in [6.07, 6.45) is 8.93. The predicted molar refractivity (Wildman–Crippen MR) is 88.2 cm³/mol. The fourth-order valence-electron chi connectivity index (χ4n) is 3.02. The van der Waals surface area contributed by atoms with E-state index in [9.17, 15) is 0 Å². The van der Waals surface area contributed by atoms with Crippen molar-refractivity contribution in [3.05, 3.63) is 29.6 Å². The van der Waals surface area contributed by atoms with Crippen molar-refractivity contribution in [2.24, 2.45) is 5.73 Å². The molecule has 2 N–H and O–H groups in total. The molecule has 0 spiro atoms. The van der Waals surface area contributed by atoms with Crippen LogP contribution < -0.4 is 5.73 Å². The van der Waals surface area contributed by atoms with E-state index >= 15 is 0 Å². The van der Waals surface area contributed by atoms with Gasteiger partial charge in [-0.1, -0.05) is 12.5 Å². The van der Waals surface area contributed by atoms with Crippen molar-refractivity contribution >= 4 is 0 Å². The van der Waals surface area contributed by atoms with E-state index in [0.717, 1.165) is 13.1 Å². The molecule has 0 unspecified atom stereocenters. The zero-order valence-corrected chi connectivity index (χ0v) is 13.4. The van der Waals surface area contributed by atoms with E-state index in [1.54, 1.807) is 0 Å². The first kappa shape index (κ1) is 16.4. The van der Waals surface area contributed by atoms with Gasteiger partial charge in [0.05, 0.1) is 0 Å². The first-order chi connectivity index (χ1) is 10.3. The van der Waals surface area contributed by atoms with Gasteiger partial charge in [-0.3, -0.25) is 9.88 Å². The van der Waals surface area contributed by atoms with Gasteiger partial charge in [0.25, 0.3) is 0 Å². The van der Waals surface area contributed by atoms with Crippen LogP contribution in [0.3, 0.4) is 0 Å². The Hall–Kier alpha value is -0.970. The van der Waals surface area contributed by atoms with Crippen LogP contribution in [-0.2, 0) is 6.54 Å². The second-order valence-electron chi connectivity index (χ2n) is 6.19.